The van der Waals surface area contributed by atoms with E-state index in [0.717, 1.165) is 28.8 Å². The van der Waals surface area contributed by atoms with Gasteiger partial charge in [-0.3, -0.25) is 4.79 Å². The number of fused-ring (bicyclic) bond motifs is 1. The van der Waals surface area contributed by atoms with E-state index in [1.54, 1.807) is 4.68 Å². The lowest BCUT2D eigenvalue weighted by Crippen LogP contribution is -2.32. The minimum atomic E-state index is -0.524. The lowest BCUT2D eigenvalue weighted by molar-refractivity contribution is -0.113. The van der Waals surface area contributed by atoms with Crippen LogP contribution in [0.4, 0.5) is 11.6 Å². The van der Waals surface area contributed by atoms with Crippen molar-refractivity contribution in [2.75, 3.05) is 17.2 Å². The molecule has 0 bridgehead atoms. The van der Waals surface area contributed by atoms with Gasteiger partial charge in [0.25, 0.3) is 5.91 Å². The first-order valence-electron chi connectivity index (χ1n) is 10.4. The maximum Gasteiger partial charge on any atom is 0.255 e. The van der Waals surface area contributed by atoms with E-state index in [9.17, 15) is 4.79 Å². The number of aryl methyl sites for hydroxylation is 1. The van der Waals surface area contributed by atoms with Gasteiger partial charge in [-0.25, -0.2) is 0 Å². The molecule has 1 aliphatic rings. The Hall–Kier alpha value is -3.68. The van der Waals surface area contributed by atoms with E-state index in [4.69, 9.17) is 4.74 Å². The zero-order valence-electron chi connectivity index (χ0n) is 18.1. The van der Waals surface area contributed by atoms with Gasteiger partial charge in [0.1, 0.15) is 11.8 Å². The molecule has 1 atom stereocenters. The van der Waals surface area contributed by atoms with Crippen molar-refractivity contribution in [3.05, 3.63) is 70.4 Å². The molecule has 0 radical (unpaired) electrons. The van der Waals surface area contributed by atoms with Crippen LogP contribution < -0.4 is 15.4 Å². The zero-order chi connectivity index (χ0) is 22.0. The number of amides is 1. The number of aromatic nitrogens is 4. The number of carbonyl (C=O) groups is 1. The third-order valence-corrected chi connectivity index (χ3v) is 5.49. The molecule has 3 aromatic rings. The van der Waals surface area contributed by atoms with E-state index in [1.807, 2.05) is 63.2 Å². The first kappa shape index (κ1) is 20.6. The molecule has 2 heterocycles. The summed E-state index contributed by atoms with van der Waals surface area (Å²) in [5.74, 6) is 0.980. The molecule has 1 aromatic heterocycles. The number of para-hydroxylation sites is 1. The highest BCUT2D eigenvalue weighted by molar-refractivity contribution is 6.06. The summed E-state index contributed by atoms with van der Waals surface area (Å²) in [6, 6.07) is 13.0. The smallest absolute Gasteiger partial charge is 0.255 e. The molecule has 1 amide bonds. The summed E-state index contributed by atoms with van der Waals surface area (Å²) in [4.78, 5) is 13.6. The van der Waals surface area contributed by atoms with Gasteiger partial charge in [0.2, 0.25) is 5.95 Å². The van der Waals surface area contributed by atoms with Crippen molar-refractivity contribution in [3.8, 4) is 5.75 Å². The van der Waals surface area contributed by atoms with Crippen molar-refractivity contribution < 1.29 is 9.53 Å². The Balaban J connectivity index is 1.79. The molecule has 2 N–H and O–H groups in total. The van der Waals surface area contributed by atoms with E-state index in [1.165, 1.54) is 0 Å². The maximum absolute atomic E-state index is 13.6. The quantitative estimate of drug-likeness (QED) is 0.628. The van der Waals surface area contributed by atoms with E-state index in [0.29, 0.717) is 29.6 Å². The number of nitrogens with zero attached hydrogens (tertiary/aromatic N) is 4. The molecule has 0 spiro atoms. The summed E-state index contributed by atoms with van der Waals surface area (Å²) < 4.78 is 7.62. The van der Waals surface area contributed by atoms with Gasteiger partial charge in [-0.2, -0.15) is 4.68 Å². The molecule has 0 aliphatic carbocycles. The van der Waals surface area contributed by atoms with E-state index in [2.05, 4.69) is 33.1 Å². The van der Waals surface area contributed by atoms with Gasteiger partial charge in [-0.15, -0.1) is 0 Å². The van der Waals surface area contributed by atoms with Crippen LogP contribution in [0.3, 0.4) is 0 Å². The number of hydrogen-bond acceptors (Lipinski definition) is 6. The van der Waals surface area contributed by atoms with Crippen LogP contribution in [0.15, 0.2) is 53.7 Å². The van der Waals surface area contributed by atoms with Crippen LogP contribution in [0.2, 0.25) is 0 Å². The van der Waals surface area contributed by atoms with Crippen molar-refractivity contribution in [2.45, 2.75) is 40.2 Å². The molecular formula is C23H26N6O2. The summed E-state index contributed by atoms with van der Waals surface area (Å²) in [6.45, 7) is 8.51. The third-order valence-electron chi connectivity index (χ3n) is 5.49. The van der Waals surface area contributed by atoms with Crippen LogP contribution in [0.1, 0.15) is 43.0 Å². The van der Waals surface area contributed by atoms with E-state index < -0.39 is 6.04 Å². The van der Waals surface area contributed by atoms with Crippen molar-refractivity contribution in [3.63, 3.8) is 0 Å². The second kappa shape index (κ2) is 8.59. The number of anilines is 2. The summed E-state index contributed by atoms with van der Waals surface area (Å²) in [5, 5.41) is 18.3. The first-order chi connectivity index (χ1) is 15.0. The predicted octanol–water partition coefficient (Wildman–Crippen LogP) is 4.01. The highest BCUT2D eigenvalue weighted by Crippen LogP contribution is 2.39. The Morgan fingerprint density at radius 2 is 1.97 bits per heavy atom. The van der Waals surface area contributed by atoms with Crippen LogP contribution in [0.5, 0.6) is 5.75 Å². The molecule has 8 nitrogen and oxygen atoms in total. The zero-order valence-corrected chi connectivity index (χ0v) is 18.1. The van der Waals surface area contributed by atoms with Crippen LogP contribution in [0.25, 0.3) is 0 Å². The standard InChI is InChI=1S/C23H26N6O2/c1-5-13-31-19-12-7-6-10-17(19)21-20(16(4)24-23-26-27-28-29(21)23)22(30)25-18-11-8-9-14(2)15(18)3/h6-12,21H,5,13H2,1-4H3,(H,25,30)(H,24,26,28). The Bertz CT molecular complexity index is 1150. The molecule has 8 heteroatoms. The minimum Gasteiger partial charge on any atom is -0.493 e. The fourth-order valence-corrected chi connectivity index (χ4v) is 3.72. The lowest BCUT2D eigenvalue weighted by atomic mass is 9.94. The minimum absolute atomic E-state index is 0.213. The fraction of sp³-hybridized carbons (Fsp3) is 0.304. The Labute approximate surface area is 181 Å². The van der Waals surface area contributed by atoms with Gasteiger partial charge in [0.05, 0.1) is 12.2 Å². The maximum atomic E-state index is 13.6. The second-order valence-corrected chi connectivity index (χ2v) is 7.60. The van der Waals surface area contributed by atoms with E-state index >= 15 is 0 Å². The van der Waals surface area contributed by atoms with E-state index in [-0.39, 0.29) is 5.91 Å². The first-order valence-corrected chi connectivity index (χ1v) is 10.4. The molecule has 1 unspecified atom stereocenters. The fourth-order valence-electron chi connectivity index (χ4n) is 3.72. The Morgan fingerprint density at radius 1 is 1.16 bits per heavy atom. The summed E-state index contributed by atoms with van der Waals surface area (Å²) >= 11 is 0. The van der Waals surface area contributed by atoms with Gasteiger partial charge in [-0.05, 0) is 60.9 Å². The number of tetrazole rings is 1. The van der Waals surface area contributed by atoms with Crippen LogP contribution in [-0.4, -0.2) is 32.7 Å². The molecule has 0 fully saturated rings. The number of benzene rings is 2. The number of allylic oxidation sites excluding steroid dienone is 1. The van der Waals surface area contributed by atoms with Crippen molar-refractivity contribution in [1.29, 1.82) is 0 Å². The highest BCUT2D eigenvalue weighted by atomic mass is 16.5. The average Bonchev–Trinajstić information content (AvgIpc) is 3.22. The predicted molar refractivity (Wildman–Crippen MR) is 119 cm³/mol. The van der Waals surface area contributed by atoms with Crippen molar-refractivity contribution in [1.82, 2.24) is 20.2 Å². The van der Waals surface area contributed by atoms with Gasteiger partial charge in [-0.1, -0.05) is 42.4 Å². The van der Waals surface area contributed by atoms with Gasteiger partial charge >= 0.3 is 0 Å². The van der Waals surface area contributed by atoms with Gasteiger partial charge in [0, 0.05) is 16.9 Å². The van der Waals surface area contributed by atoms with Gasteiger partial charge in [0.15, 0.2) is 0 Å². The van der Waals surface area contributed by atoms with Gasteiger partial charge < -0.3 is 15.4 Å². The SMILES string of the molecule is CCCOc1ccccc1C1C(C(=O)Nc2cccc(C)c2C)=C(C)Nc2nnnn21. The molecular weight excluding hydrogens is 392 g/mol. The molecule has 160 valence electrons. The Morgan fingerprint density at radius 3 is 2.77 bits per heavy atom. The number of carbonyl (C=O) groups excluding carboxylic acids is 1. The molecule has 1 aliphatic heterocycles. The average molecular weight is 419 g/mol. The summed E-state index contributed by atoms with van der Waals surface area (Å²) in [5.41, 5.74) is 4.99. The molecule has 31 heavy (non-hydrogen) atoms. The topological polar surface area (TPSA) is 94.0 Å². The number of nitrogens with one attached hydrogen (secondary N) is 2. The Kier molecular flexibility index (Phi) is 5.70. The molecule has 4 rings (SSSR count). The van der Waals surface area contributed by atoms with Crippen molar-refractivity contribution in [2.24, 2.45) is 0 Å². The monoisotopic (exact) mass is 418 g/mol. The molecule has 2 aromatic carbocycles. The second-order valence-electron chi connectivity index (χ2n) is 7.60. The number of rotatable bonds is 6. The molecule has 0 saturated carbocycles. The van der Waals surface area contributed by atoms with Crippen LogP contribution in [-0.2, 0) is 4.79 Å². The molecule has 0 saturated heterocycles. The third kappa shape index (κ3) is 3.88. The summed E-state index contributed by atoms with van der Waals surface area (Å²) in [6.07, 6.45) is 0.880. The normalized spacial score (nSPS) is 15.3. The van der Waals surface area contributed by atoms with Crippen LogP contribution >= 0.6 is 0 Å². The number of hydrogen-bond donors (Lipinski definition) is 2. The summed E-state index contributed by atoms with van der Waals surface area (Å²) in [7, 11) is 0. The highest BCUT2D eigenvalue weighted by Gasteiger charge is 2.35. The number of ether oxygens (including phenoxy) is 1. The largest absolute Gasteiger partial charge is 0.493 e. The van der Waals surface area contributed by atoms with Crippen molar-refractivity contribution >= 4 is 17.5 Å². The lowest BCUT2D eigenvalue weighted by Gasteiger charge is -2.29. The van der Waals surface area contributed by atoms with Crippen LogP contribution in [0, 0.1) is 13.8 Å².